The van der Waals surface area contributed by atoms with Crippen LogP contribution in [-0.4, -0.2) is 19.4 Å². The lowest BCUT2D eigenvalue weighted by atomic mass is 10.0. The number of methoxy groups -OCH3 is 1. The van der Waals surface area contributed by atoms with Gasteiger partial charge in [0.25, 0.3) is 0 Å². The van der Waals surface area contributed by atoms with Crippen LogP contribution in [0.1, 0.15) is 26.3 Å². The Morgan fingerprint density at radius 2 is 2.27 bits per heavy atom. The fraction of sp³-hybridized carbons (Fsp3) is 0.100. The molecule has 0 saturated carbocycles. The number of ether oxygens (including phenoxy) is 1. The predicted molar refractivity (Wildman–Crippen MR) is 52.9 cm³/mol. The molecule has 5 heteroatoms. The van der Waals surface area contributed by atoms with E-state index in [4.69, 9.17) is 16.9 Å². The summed E-state index contributed by atoms with van der Waals surface area (Å²) in [5.41, 5.74) is -0.0297. The molecule has 1 aromatic carbocycles. The molecule has 0 N–H and O–H groups in total. The summed E-state index contributed by atoms with van der Waals surface area (Å²) in [5.74, 6) is -0.736. The van der Waals surface area contributed by atoms with Crippen molar-refractivity contribution in [3.63, 3.8) is 0 Å². The van der Waals surface area contributed by atoms with Gasteiger partial charge in [0.2, 0.25) is 0 Å². The molecule has 0 spiro atoms. The van der Waals surface area contributed by atoms with Gasteiger partial charge in [0.15, 0.2) is 6.29 Å². The fourth-order valence-electron chi connectivity index (χ4n) is 1.11. The smallest absolute Gasteiger partial charge is 0.340 e. The highest BCUT2D eigenvalue weighted by Crippen LogP contribution is 2.23. The van der Waals surface area contributed by atoms with Gasteiger partial charge in [-0.2, -0.15) is 5.26 Å². The monoisotopic (exact) mass is 223 g/mol. The minimum atomic E-state index is -0.736. The number of carbonyl (C=O) groups is 2. The van der Waals surface area contributed by atoms with Crippen LogP contribution in [0.5, 0.6) is 0 Å². The zero-order valence-electron chi connectivity index (χ0n) is 7.78. The first-order chi connectivity index (χ1) is 7.15. The number of nitriles is 1. The molecule has 4 nitrogen and oxygen atoms in total. The minimum absolute atomic E-state index is 0.0654. The molecule has 0 aliphatic heterocycles. The summed E-state index contributed by atoms with van der Waals surface area (Å²) in [7, 11) is 1.17. The van der Waals surface area contributed by atoms with Crippen LogP contribution in [0, 0.1) is 11.3 Å². The second-order valence-electron chi connectivity index (χ2n) is 2.61. The Kier molecular flexibility index (Phi) is 3.42. The molecule has 1 aromatic rings. The third-order valence-electron chi connectivity index (χ3n) is 1.82. The van der Waals surface area contributed by atoms with E-state index >= 15 is 0 Å². The SMILES string of the molecule is COC(=O)c1c(Cl)ccc(C=O)c1C#N. The molecule has 76 valence electrons. The number of esters is 1. The Hall–Kier alpha value is -1.86. The second kappa shape index (κ2) is 4.58. The number of benzene rings is 1. The van der Waals surface area contributed by atoms with Gasteiger partial charge in [0.1, 0.15) is 6.07 Å². The third kappa shape index (κ3) is 1.97. The van der Waals surface area contributed by atoms with E-state index in [1.54, 1.807) is 6.07 Å². The molecule has 0 amide bonds. The van der Waals surface area contributed by atoms with Crippen molar-refractivity contribution in [1.82, 2.24) is 0 Å². The van der Waals surface area contributed by atoms with Gasteiger partial charge in [0.05, 0.1) is 23.3 Å². The van der Waals surface area contributed by atoms with Crippen LogP contribution >= 0.6 is 11.6 Å². The first-order valence-electron chi connectivity index (χ1n) is 3.91. The largest absolute Gasteiger partial charge is 0.465 e. The highest BCUT2D eigenvalue weighted by molar-refractivity contribution is 6.34. The summed E-state index contributed by atoms with van der Waals surface area (Å²) in [4.78, 5) is 21.9. The molecule has 0 aliphatic rings. The van der Waals surface area contributed by atoms with Crippen LogP contribution in [0.4, 0.5) is 0 Å². The van der Waals surface area contributed by atoms with E-state index in [2.05, 4.69) is 4.74 Å². The average Bonchev–Trinajstić information content (AvgIpc) is 2.27. The van der Waals surface area contributed by atoms with Gasteiger partial charge >= 0.3 is 5.97 Å². The summed E-state index contributed by atoms with van der Waals surface area (Å²) in [6, 6.07) is 4.50. The maximum Gasteiger partial charge on any atom is 0.340 e. The van der Waals surface area contributed by atoms with Crippen LogP contribution < -0.4 is 0 Å². The van der Waals surface area contributed by atoms with E-state index in [1.807, 2.05) is 0 Å². The van der Waals surface area contributed by atoms with Gasteiger partial charge in [-0.3, -0.25) is 4.79 Å². The van der Waals surface area contributed by atoms with Crippen molar-refractivity contribution in [3.05, 3.63) is 33.8 Å². The van der Waals surface area contributed by atoms with Crippen LogP contribution in [-0.2, 0) is 4.74 Å². The minimum Gasteiger partial charge on any atom is -0.465 e. The molecule has 0 heterocycles. The van der Waals surface area contributed by atoms with Gasteiger partial charge in [-0.1, -0.05) is 11.6 Å². The predicted octanol–water partition coefficient (Wildman–Crippen LogP) is 1.81. The zero-order chi connectivity index (χ0) is 11.4. The highest BCUT2D eigenvalue weighted by atomic mass is 35.5. The quantitative estimate of drug-likeness (QED) is 0.567. The van der Waals surface area contributed by atoms with E-state index in [-0.39, 0.29) is 21.7 Å². The Morgan fingerprint density at radius 1 is 1.60 bits per heavy atom. The summed E-state index contributed by atoms with van der Waals surface area (Å²) in [5, 5.41) is 8.91. The third-order valence-corrected chi connectivity index (χ3v) is 2.13. The Labute approximate surface area is 91.0 Å². The van der Waals surface area contributed by atoms with E-state index in [0.29, 0.717) is 6.29 Å². The Bertz CT molecular complexity index is 462. The molecule has 0 aromatic heterocycles. The average molecular weight is 224 g/mol. The first-order valence-corrected chi connectivity index (χ1v) is 4.29. The molecule has 0 atom stereocenters. The van der Waals surface area contributed by atoms with Crippen molar-refractivity contribution in [2.24, 2.45) is 0 Å². The maximum atomic E-state index is 11.3. The molecule has 0 aliphatic carbocycles. The molecule has 0 saturated heterocycles. The standard InChI is InChI=1S/C10H6ClNO3/c1-15-10(14)9-7(4-12)6(5-13)2-3-8(9)11/h2-3,5H,1H3. The topological polar surface area (TPSA) is 67.2 Å². The van der Waals surface area contributed by atoms with E-state index < -0.39 is 5.97 Å². The van der Waals surface area contributed by atoms with Gasteiger partial charge in [-0.25, -0.2) is 4.79 Å². The number of rotatable bonds is 2. The lowest BCUT2D eigenvalue weighted by molar-refractivity contribution is 0.0600. The molecule has 1 rings (SSSR count). The molecular weight excluding hydrogens is 218 g/mol. The van der Waals surface area contributed by atoms with Crippen molar-refractivity contribution in [3.8, 4) is 6.07 Å². The van der Waals surface area contributed by atoms with E-state index in [9.17, 15) is 9.59 Å². The van der Waals surface area contributed by atoms with Gasteiger partial charge < -0.3 is 4.74 Å². The van der Waals surface area contributed by atoms with Crippen molar-refractivity contribution < 1.29 is 14.3 Å². The number of hydrogen-bond acceptors (Lipinski definition) is 4. The molecule has 0 bridgehead atoms. The fourth-order valence-corrected chi connectivity index (χ4v) is 1.35. The number of hydrogen-bond donors (Lipinski definition) is 0. The van der Waals surface area contributed by atoms with Gasteiger partial charge in [-0.15, -0.1) is 0 Å². The lowest BCUT2D eigenvalue weighted by Crippen LogP contribution is -2.07. The summed E-state index contributed by atoms with van der Waals surface area (Å²) in [6.07, 6.45) is 0.487. The van der Waals surface area contributed by atoms with Crippen molar-refractivity contribution in [1.29, 1.82) is 5.26 Å². The Morgan fingerprint density at radius 3 is 2.73 bits per heavy atom. The van der Waals surface area contributed by atoms with Crippen LogP contribution in [0.15, 0.2) is 12.1 Å². The number of carbonyl (C=O) groups excluding carboxylic acids is 2. The Balaban J connectivity index is 3.54. The van der Waals surface area contributed by atoms with Crippen molar-refractivity contribution >= 4 is 23.9 Å². The molecule has 15 heavy (non-hydrogen) atoms. The second-order valence-corrected chi connectivity index (χ2v) is 3.02. The number of nitrogens with zero attached hydrogens (tertiary/aromatic N) is 1. The van der Waals surface area contributed by atoms with Gasteiger partial charge in [0, 0.05) is 5.56 Å². The van der Waals surface area contributed by atoms with E-state index in [1.165, 1.54) is 19.2 Å². The number of halogens is 1. The summed E-state index contributed by atoms with van der Waals surface area (Å²) in [6.45, 7) is 0. The van der Waals surface area contributed by atoms with Crippen molar-refractivity contribution in [2.75, 3.05) is 7.11 Å². The van der Waals surface area contributed by atoms with Crippen LogP contribution in [0.3, 0.4) is 0 Å². The highest BCUT2D eigenvalue weighted by Gasteiger charge is 2.19. The summed E-state index contributed by atoms with van der Waals surface area (Å²) >= 11 is 5.74. The molecular formula is C10H6ClNO3. The molecule has 0 fully saturated rings. The summed E-state index contributed by atoms with van der Waals surface area (Å²) < 4.78 is 4.47. The normalized spacial score (nSPS) is 9.13. The van der Waals surface area contributed by atoms with E-state index in [0.717, 1.165) is 0 Å². The maximum absolute atomic E-state index is 11.3. The van der Waals surface area contributed by atoms with Crippen LogP contribution in [0.2, 0.25) is 5.02 Å². The van der Waals surface area contributed by atoms with Gasteiger partial charge in [-0.05, 0) is 12.1 Å². The lowest BCUT2D eigenvalue weighted by Gasteiger charge is -2.05. The molecule has 0 radical (unpaired) electrons. The number of aldehydes is 1. The zero-order valence-corrected chi connectivity index (χ0v) is 8.54. The first kappa shape index (κ1) is 11.2. The van der Waals surface area contributed by atoms with Crippen molar-refractivity contribution in [2.45, 2.75) is 0 Å². The molecule has 0 unspecified atom stereocenters. The van der Waals surface area contributed by atoms with Crippen LogP contribution in [0.25, 0.3) is 0 Å².